The maximum atomic E-state index is 12.5. The molecule has 0 heterocycles. The van der Waals surface area contributed by atoms with E-state index in [0.29, 0.717) is 0 Å². The van der Waals surface area contributed by atoms with Crippen LogP contribution < -0.4 is 5.32 Å². The molecule has 0 unspecified atom stereocenters. The highest BCUT2D eigenvalue weighted by Gasteiger charge is 2.25. The van der Waals surface area contributed by atoms with E-state index in [0.717, 1.165) is 21.6 Å². The Labute approximate surface area is 210 Å². The van der Waals surface area contributed by atoms with E-state index in [4.69, 9.17) is 14.6 Å². The molecule has 0 radical (unpaired) electrons. The van der Waals surface area contributed by atoms with Crippen molar-refractivity contribution in [1.29, 1.82) is 0 Å². The molecule has 0 aliphatic heterocycles. The number of rotatable bonds is 9. The summed E-state index contributed by atoms with van der Waals surface area (Å²) in [5, 5.41) is 11.6. The summed E-state index contributed by atoms with van der Waals surface area (Å²) < 4.78 is 10.1. The summed E-state index contributed by atoms with van der Waals surface area (Å²) in [5.74, 6) is -2.10. The minimum Gasteiger partial charge on any atom is -0.478 e. The standard InChI is InChI=1S/C27H32N2O7/c1-27(2,3)36-26(34)29(4)17-23(30)28-22(25(33)35-5)16-20-10-8-18(9-11-20)6-7-19-12-14-21(15-13-19)24(31)32/h6-15,22H,16-17H2,1-5H3,(H,28,30)(H,31,32)/b7-6+/t22-/m0/s1. The van der Waals surface area contributed by atoms with Crippen LogP contribution >= 0.6 is 0 Å². The van der Waals surface area contributed by atoms with E-state index in [2.05, 4.69) is 5.32 Å². The lowest BCUT2D eigenvalue weighted by Crippen LogP contribution is -2.48. The third kappa shape index (κ3) is 9.25. The molecule has 2 amide bonds. The number of aromatic carboxylic acids is 1. The van der Waals surface area contributed by atoms with Crippen LogP contribution in [0.1, 0.15) is 47.8 Å². The summed E-state index contributed by atoms with van der Waals surface area (Å²) >= 11 is 0. The van der Waals surface area contributed by atoms with Gasteiger partial charge in [0, 0.05) is 13.5 Å². The molecule has 2 aromatic carbocycles. The van der Waals surface area contributed by atoms with Gasteiger partial charge in [0.2, 0.25) is 5.91 Å². The SMILES string of the molecule is COC(=O)[C@H](Cc1ccc(/C=C/c2ccc(C(=O)O)cc2)cc1)NC(=O)CN(C)C(=O)OC(C)(C)C. The van der Waals surface area contributed by atoms with Gasteiger partial charge in [-0.15, -0.1) is 0 Å². The van der Waals surface area contributed by atoms with Crippen molar-refractivity contribution in [2.45, 2.75) is 38.8 Å². The number of carboxylic acid groups (broad SMARTS) is 1. The number of ether oxygens (including phenoxy) is 2. The van der Waals surface area contributed by atoms with Gasteiger partial charge in [0.25, 0.3) is 0 Å². The van der Waals surface area contributed by atoms with Gasteiger partial charge >= 0.3 is 18.0 Å². The number of carbonyl (C=O) groups is 4. The van der Waals surface area contributed by atoms with Crippen LogP contribution in [0.15, 0.2) is 48.5 Å². The normalized spacial score (nSPS) is 12.0. The van der Waals surface area contributed by atoms with Crippen LogP contribution in [-0.2, 0) is 25.5 Å². The Hall–Kier alpha value is -4.14. The van der Waals surface area contributed by atoms with Gasteiger partial charge in [-0.3, -0.25) is 4.79 Å². The van der Waals surface area contributed by atoms with Gasteiger partial charge in [-0.05, 0) is 49.6 Å². The van der Waals surface area contributed by atoms with Crippen molar-refractivity contribution in [1.82, 2.24) is 10.2 Å². The first-order valence-electron chi connectivity index (χ1n) is 11.3. The van der Waals surface area contributed by atoms with Gasteiger partial charge in [0.1, 0.15) is 18.2 Å². The highest BCUT2D eigenvalue weighted by atomic mass is 16.6. The Morgan fingerprint density at radius 3 is 1.97 bits per heavy atom. The molecular weight excluding hydrogens is 464 g/mol. The molecule has 2 rings (SSSR count). The van der Waals surface area contributed by atoms with Crippen LogP contribution in [0.4, 0.5) is 4.79 Å². The number of hydrogen-bond acceptors (Lipinski definition) is 6. The highest BCUT2D eigenvalue weighted by Crippen LogP contribution is 2.13. The molecule has 9 nitrogen and oxygen atoms in total. The van der Waals surface area contributed by atoms with Crippen LogP contribution in [0.3, 0.4) is 0 Å². The molecule has 0 spiro atoms. The second kappa shape index (κ2) is 12.5. The van der Waals surface area contributed by atoms with Gasteiger partial charge in [-0.1, -0.05) is 48.6 Å². The third-order valence-corrected chi connectivity index (χ3v) is 4.95. The molecule has 0 aliphatic carbocycles. The smallest absolute Gasteiger partial charge is 0.410 e. The van der Waals surface area contributed by atoms with Gasteiger partial charge in [-0.2, -0.15) is 0 Å². The van der Waals surface area contributed by atoms with Gasteiger partial charge < -0.3 is 24.8 Å². The molecular formula is C27H32N2O7. The van der Waals surface area contributed by atoms with Gasteiger partial charge in [-0.25, -0.2) is 14.4 Å². The second-order valence-electron chi connectivity index (χ2n) is 9.19. The minimum atomic E-state index is -0.974. The Morgan fingerprint density at radius 2 is 1.50 bits per heavy atom. The fraction of sp³-hybridized carbons (Fsp3) is 0.333. The number of hydrogen-bond donors (Lipinski definition) is 2. The minimum absolute atomic E-state index is 0.204. The van der Waals surface area contributed by atoms with Crippen molar-refractivity contribution in [2.75, 3.05) is 20.7 Å². The summed E-state index contributed by atoms with van der Waals surface area (Å²) in [4.78, 5) is 48.9. The zero-order valence-electron chi connectivity index (χ0n) is 21.1. The maximum Gasteiger partial charge on any atom is 0.410 e. The van der Waals surface area contributed by atoms with Crippen molar-refractivity contribution in [3.63, 3.8) is 0 Å². The summed E-state index contributed by atoms with van der Waals surface area (Å²) in [6.07, 6.45) is 3.30. The van der Waals surface area contributed by atoms with E-state index in [1.165, 1.54) is 26.3 Å². The summed E-state index contributed by atoms with van der Waals surface area (Å²) in [7, 11) is 2.68. The number of methoxy groups -OCH3 is 1. The molecule has 0 fully saturated rings. The first kappa shape index (κ1) is 28.1. The first-order valence-corrected chi connectivity index (χ1v) is 11.3. The van der Waals surface area contributed by atoms with Crippen molar-refractivity contribution < 1.29 is 33.8 Å². The topological polar surface area (TPSA) is 122 Å². The lowest BCUT2D eigenvalue weighted by Gasteiger charge is -2.25. The van der Waals surface area contributed by atoms with Crippen LogP contribution in [0.25, 0.3) is 12.2 Å². The molecule has 9 heteroatoms. The monoisotopic (exact) mass is 496 g/mol. The Balaban J connectivity index is 1.99. The van der Waals surface area contributed by atoms with Crippen molar-refractivity contribution in [3.8, 4) is 0 Å². The highest BCUT2D eigenvalue weighted by molar-refractivity contribution is 5.88. The molecule has 0 bridgehead atoms. The first-order chi connectivity index (χ1) is 16.9. The van der Waals surface area contributed by atoms with Gasteiger partial charge in [0.15, 0.2) is 0 Å². The van der Waals surface area contributed by atoms with Gasteiger partial charge in [0.05, 0.1) is 12.7 Å². The predicted octanol–water partition coefficient (Wildman–Crippen LogP) is 3.62. The number of nitrogens with zero attached hydrogens (tertiary/aromatic N) is 1. The second-order valence-corrected chi connectivity index (χ2v) is 9.19. The summed E-state index contributed by atoms with van der Waals surface area (Å²) in [5.41, 5.74) is 2.09. The average Bonchev–Trinajstić information content (AvgIpc) is 2.81. The molecule has 0 saturated carbocycles. The molecule has 0 aromatic heterocycles. The fourth-order valence-electron chi connectivity index (χ4n) is 3.13. The summed E-state index contributed by atoms with van der Waals surface area (Å²) in [6, 6.07) is 13.0. The molecule has 0 saturated heterocycles. The predicted molar refractivity (Wildman–Crippen MR) is 135 cm³/mol. The quantitative estimate of drug-likeness (QED) is 0.402. The van der Waals surface area contributed by atoms with Crippen LogP contribution in [0.5, 0.6) is 0 Å². The zero-order chi connectivity index (χ0) is 26.9. The van der Waals surface area contributed by atoms with E-state index in [1.807, 2.05) is 36.4 Å². The molecule has 192 valence electrons. The number of benzene rings is 2. The third-order valence-electron chi connectivity index (χ3n) is 4.95. The number of carbonyl (C=O) groups excluding carboxylic acids is 3. The van der Waals surface area contributed by atoms with E-state index in [-0.39, 0.29) is 18.5 Å². The molecule has 1 atom stereocenters. The van der Waals surface area contributed by atoms with Crippen LogP contribution in [0, 0.1) is 0 Å². The lowest BCUT2D eigenvalue weighted by molar-refractivity contribution is -0.145. The molecule has 0 aliphatic rings. The van der Waals surface area contributed by atoms with Crippen LogP contribution in [-0.4, -0.2) is 66.3 Å². The maximum absolute atomic E-state index is 12.5. The number of carboxylic acids is 1. The fourth-order valence-corrected chi connectivity index (χ4v) is 3.13. The van der Waals surface area contributed by atoms with E-state index in [9.17, 15) is 19.2 Å². The average molecular weight is 497 g/mol. The van der Waals surface area contributed by atoms with E-state index < -0.39 is 35.6 Å². The largest absolute Gasteiger partial charge is 0.478 e. The van der Waals surface area contributed by atoms with Crippen molar-refractivity contribution in [2.24, 2.45) is 0 Å². The lowest BCUT2D eigenvalue weighted by atomic mass is 10.0. The Bertz CT molecular complexity index is 1100. The Morgan fingerprint density at radius 1 is 0.972 bits per heavy atom. The van der Waals surface area contributed by atoms with E-state index in [1.54, 1.807) is 32.9 Å². The van der Waals surface area contributed by atoms with Crippen molar-refractivity contribution in [3.05, 3.63) is 70.8 Å². The molecule has 2 aromatic rings. The van der Waals surface area contributed by atoms with Crippen LogP contribution in [0.2, 0.25) is 0 Å². The molecule has 36 heavy (non-hydrogen) atoms. The Kier molecular flexibility index (Phi) is 9.78. The molecule has 2 N–H and O–H groups in total. The number of amides is 2. The number of likely N-dealkylation sites (N-methyl/N-ethyl adjacent to an activating group) is 1. The zero-order valence-corrected chi connectivity index (χ0v) is 21.1. The number of nitrogens with one attached hydrogen (secondary N) is 1. The van der Waals surface area contributed by atoms with E-state index >= 15 is 0 Å². The van der Waals surface area contributed by atoms with Crippen molar-refractivity contribution >= 4 is 36.1 Å². The summed E-state index contributed by atoms with van der Waals surface area (Å²) in [6.45, 7) is 4.91. The number of esters is 1.